The lowest BCUT2D eigenvalue weighted by Gasteiger charge is -2.03. The van der Waals surface area contributed by atoms with Crippen molar-refractivity contribution < 1.29 is 4.39 Å². The van der Waals surface area contributed by atoms with E-state index < -0.39 is 0 Å². The van der Waals surface area contributed by atoms with Crippen LogP contribution in [0.3, 0.4) is 0 Å². The van der Waals surface area contributed by atoms with E-state index in [9.17, 15) is 4.39 Å². The van der Waals surface area contributed by atoms with Crippen LogP contribution in [0, 0.1) is 5.82 Å². The summed E-state index contributed by atoms with van der Waals surface area (Å²) in [5, 5.41) is 4.02. The second kappa shape index (κ2) is 3.94. The van der Waals surface area contributed by atoms with E-state index in [4.69, 9.17) is 0 Å². The van der Waals surface area contributed by atoms with Gasteiger partial charge in [-0.15, -0.1) is 0 Å². The topological polar surface area (TPSA) is 17.0 Å². The van der Waals surface area contributed by atoms with Crippen molar-refractivity contribution in [3.8, 4) is 0 Å². The highest BCUT2D eigenvalue weighted by Gasteiger charge is 2.12. The Hall–Kier alpha value is -0.870. The van der Waals surface area contributed by atoms with E-state index in [1.165, 1.54) is 6.07 Å². The Morgan fingerprint density at radius 3 is 2.87 bits per heavy atom. The summed E-state index contributed by atoms with van der Waals surface area (Å²) in [4.78, 5) is 0. The van der Waals surface area contributed by atoms with Crippen molar-refractivity contribution in [3.05, 3.63) is 34.2 Å². The molecule has 0 amide bonds. The van der Waals surface area contributed by atoms with Gasteiger partial charge in [0, 0.05) is 34.7 Å². The number of hydrogen-bond acceptors (Lipinski definition) is 1. The van der Waals surface area contributed by atoms with Crippen LogP contribution in [0.1, 0.15) is 5.69 Å². The van der Waals surface area contributed by atoms with Crippen molar-refractivity contribution in [2.75, 3.05) is 7.05 Å². The van der Waals surface area contributed by atoms with Gasteiger partial charge in [-0.3, -0.25) is 0 Å². The maximum atomic E-state index is 13.1. The molecule has 0 atom stereocenters. The van der Waals surface area contributed by atoms with E-state index in [0.717, 1.165) is 27.6 Å². The quantitative estimate of drug-likeness (QED) is 0.888. The van der Waals surface area contributed by atoms with E-state index >= 15 is 0 Å². The van der Waals surface area contributed by atoms with Gasteiger partial charge in [0.2, 0.25) is 0 Å². The Balaban J connectivity index is 2.73. The van der Waals surface area contributed by atoms with Crippen molar-refractivity contribution in [1.82, 2.24) is 9.88 Å². The minimum atomic E-state index is -0.204. The SMILES string of the molecule is CNCc1c(Br)c2cc(F)ccc2n1C. The zero-order valence-electron chi connectivity index (χ0n) is 8.64. The standard InChI is InChI=1S/C11H12BrFN2/c1-14-6-10-11(12)8-5-7(13)3-4-9(8)15(10)2/h3-5,14H,6H2,1-2H3. The number of fused-ring (bicyclic) bond motifs is 1. The number of aryl methyl sites for hydroxylation is 1. The average Bonchev–Trinajstić information content (AvgIpc) is 2.44. The molecule has 0 unspecified atom stereocenters. The highest BCUT2D eigenvalue weighted by Crippen LogP contribution is 2.30. The maximum absolute atomic E-state index is 13.1. The van der Waals surface area contributed by atoms with E-state index in [2.05, 4.69) is 25.8 Å². The van der Waals surface area contributed by atoms with Gasteiger partial charge >= 0.3 is 0 Å². The summed E-state index contributed by atoms with van der Waals surface area (Å²) in [6.45, 7) is 0.757. The van der Waals surface area contributed by atoms with Crippen molar-refractivity contribution in [2.24, 2.45) is 7.05 Å². The molecule has 0 aliphatic heterocycles. The van der Waals surface area contributed by atoms with Crippen LogP contribution in [-0.2, 0) is 13.6 Å². The van der Waals surface area contributed by atoms with Crippen molar-refractivity contribution >= 4 is 26.8 Å². The van der Waals surface area contributed by atoms with E-state index in [1.54, 1.807) is 12.1 Å². The molecular formula is C11H12BrFN2. The van der Waals surface area contributed by atoms with E-state index in [0.29, 0.717) is 0 Å². The van der Waals surface area contributed by atoms with Gasteiger partial charge in [0.05, 0.1) is 0 Å². The molecule has 0 bridgehead atoms. The van der Waals surface area contributed by atoms with Crippen molar-refractivity contribution in [2.45, 2.75) is 6.54 Å². The largest absolute Gasteiger partial charge is 0.345 e. The van der Waals surface area contributed by atoms with Crippen LogP contribution < -0.4 is 5.32 Å². The Morgan fingerprint density at radius 2 is 2.20 bits per heavy atom. The molecule has 80 valence electrons. The second-order valence-corrected chi connectivity index (χ2v) is 4.30. The molecule has 2 nitrogen and oxygen atoms in total. The number of aromatic nitrogens is 1. The lowest BCUT2D eigenvalue weighted by atomic mass is 10.2. The Kier molecular flexibility index (Phi) is 2.80. The minimum Gasteiger partial charge on any atom is -0.345 e. The summed E-state index contributed by atoms with van der Waals surface area (Å²) in [6, 6.07) is 4.84. The Labute approximate surface area is 96.2 Å². The van der Waals surface area contributed by atoms with Gasteiger partial charge in [0.25, 0.3) is 0 Å². The Morgan fingerprint density at radius 1 is 1.47 bits per heavy atom. The zero-order valence-corrected chi connectivity index (χ0v) is 10.2. The molecule has 0 saturated heterocycles. The summed E-state index contributed by atoms with van der Waals surface area (Å²) in [5.74, 6) is -0.204. The van der Waals surface area contributed by atoms with Crippen LogP contribution in [0.2, 0.25) is 0 Å². The Bertz CT molecular complexity index is 505. The highest BCUT2D eigenvalue weighted by molar-refractivity contribution is 9.10. The molecule has 0 spiro atoms. The molecule has 1 N–H and O–H groups in total. The summed E-state index contributed by atoms with van der Waals surface area (Å²) >= 11 is 3.51. The molecule has 4 heteroatoms. The van der Waals surface area contributed by atoms with Crippen molar-refractivity contribution in [1.29, 1.82) is 0 Å². The van der Waals surface area contributed by atoms with Gasteiger partial charge in [0.1, 0.15) is 5.82 Å². The number of nitrogens with zero attached hydrogens (tertiary/aromatic N) is 1. The van der Waals surface area contributed by atoms with E-state index in [-0.39, 0.29) is 5.82 Å². The minimum absolute atomic E-state index is 0.204. The van der Waals surface area contributed by atoms with E-state index in [1.807, 2.05) is 14.1 Å². The average molecular weight is 271 g/mol. The monoisotopic (exact) mass is 270 g/mol. The third-order valence-corrected chi connectivity index (χ3v) is 3.44. The van der Waals surface area contributed by atoms with Gasteiger partial charge in [-0.1, -0.05) is 0 Å². The molecule has 15 heavy (non-hydrogen) atoms. The molecule has 0 aliphatic carbocycles. The molecule has 1 aromatic heterocycles. The van der Waals surface area contributed by atoms with Gasteiger partial charge in [0.15, 0.2) is 0 Å². The molecule has 1 aromatic carbocycles. The fourth-order valence-corrected chi connectivity index (χ4v) is 2.51. The fourth-order valence-electron chi connectivity index (χ4n) is 1.79. The maximum Gasteiger partial charge on any atom is 0.123 e. The predicted octanol–water partition coefficient (Wildman–Crippen LogP) is 2.80. The number of halogens is 2. The summed E-state index contributed by atoms with van der Waals surface area (Å²) in [5.41, 5.74) is 2.16. The van der Waals surface area contributed by atoms with Crippen molar-refractivity contribution in [3.63, 3.8) is 0 Å². The van der Waals surface area contributed by atoms with Gasteiger partial charge in [-0.2, -0.15) is 0 Å². The van der Waals surface area contributed by atoms with Crippen LogP contribution >= 0.6 is 15.9 Å². The van der Waals surface area contributed by atoms with Crippen LogP contribution in [0.4, 0.5) is 4.39 Å². The summed E-state index contributed by atoms with van der Waals surface area (Å²) in [6.07, 6.45) is 0. The van der Waals surface area contributed by atoms with Gasteiger partial charge in [-0.25, -0.2) is 4.39 Å². The summed E-state index contributed by atoms with van der Waals surface area (Å²) in [7, 11) is 3.88. The molecule has 0 fully saturated rings. The second-order valence-electron chi connectivity index (χ2n) is 3.51. The first-order valence-corrected chi connectivity index (χ1v) is 5.51. The first kappa shape index (κ1) is 10.6. The first-order chi connectivity index (χ1) is 7.15. The molecule has 2 aromatic rings. The number of nitrogens with one attached hydrogen (secondary N) is 1. The smallest absolute Gasteiger partial charge is 0.123 e. The number of rotatable bonds is 2. The molecule has 0 aliphatic rings. The lowest BCUT2D eigenvalue weighted by Crippen LogP contribution is -2.09. The van der Waals surface area contributed by atoms with Crippen LogP contribution in [0.25, 0.3) is 10.9 Å². The van der Waals surface area contributed by atoms with Gasteiger partial charge in [-0.05, 0) is 41.2 Å². The third-order valence-electron chi connectivity index (χ3n) is 2.56. The highest BCUT2D eigenvalue weighted by atomic mass is 79.9. The molecule has 0 saturated carbocycles. The molecule has 0 radical (unpaired) electrons. The number of benzene rings is 1. The zero-order chi connectivity index (χ0) is 11.0. The number of hydrogen-bond donors (Lipinski definition) is 1. The molecular weight excluding hydrogens is 259 g/mol. The molecule has 1 heterocycles. The summed E-state index contributed by atoms with van der Waals surface area (Å²) < 4.78 is 16.1. The predicted molar refractivity (Wildman–Crippen MR) is 63.3 cm³/mol. The van der Waals surface area contributed by atoms with Crippen LogP contribution in [-0.4, -0.2) is 11.6 Å². The normalized spacial score (nSPS) is 11.2. The fraction of sp³-hybridized carbons (Fsp3) is 0.273. The first-order valence-electron chi connectivity index (χ1n) is 4.72. The van der Waals surface area contributed by atoms with Gasteiger partial charge < -0.3 is 9.88 Å². The van der Waals surface area contributed by atoms with Crippen LogP contribution in [0.15, 0.2) is 22.7 Å². The molecule has 2 rings (SSSR count). The van der Waals surface area contributed by atoms with Crippen LogP contribution in [0.5, 0.6) is 0 Å². The lowest BCUT2D eigenvalue weighted by molar-refractivity contribution is 0.629. The third kappa shape index (κ3) is 1.68.